The van der Waals surface area contributed by atoms with Gasteiger partial charge >= 0.3 is 0 Å². The molecule has 0 spiro atoms. The monoisotopic (exact) mass is 221 g/mol. The molecule has 0 saturated heterocycles. The molecule has 0 aliphatic rings. The normalized spacial score (nSPS) is 10.5. The van der Waals surface area contributed by atoms with Crippen molar-refractivity contribution in [2.24, 2.45) is 0 Å². The highest BCUT2D eigenvalue weighted by Crippen LogP contribution is 2.21. The van der Waals surface area contributed by atoms with Crippen molar-refractivity contribution in [3.05, 3.63) is 34.0 Å². The van der Waals surface area contributed by atoms with Crippen LogP contribution in [0.3, 0.4) is 0 Å². The van der Waals surface area contributed by atoms with Gasteiger partial charge in [-0.25, -0.2) is 9.67 Å². The largest absolute Gasteiger partial charge is 0.292 e. The molecule has 0 aromatic carbocycles. The molecule has 4 nitrogen and oxygen atoms in total. The molecule has 15 heavy (non-hydrogen) atoms. The molecule has 0 radical (unpaired) electrons. The fraction of sp³-hybridized carbons (Fsp3) is 0.300. The first-order chi connectivity index (χ1) is 7.16. The van der Waals surface area contributed by atoms with Gasteiger partial charge in [0.15, 0.2) is 5.78 Å². The van der Waals surface area contributed by atoms with Gasteiger partial charge in [0.1, 0.15) is 19.2 Å². The third kappa shape index (κ3) is 2.12. The highest BCUT2D eigenvalue weighted by atomic mass is 32.1. The highest BCUT2D eigenvalue weighted by Gasteiger charge is 2.12. The maximum atomic E-state index is 11.9. The molecule has 0 N–H and O–H groups in total. The Hall–Kier alpha value is -1.49. The fourth-order valence-electron chi connectivity index (χ4n) is 1.45. The molecule has 78 valence electrons. The van der Waals surface area contributed by atoms with Crippen molar-refractivity contribution in [1.82, 2.24) is 14.8 Å². The highest BCUT2D eigenvalue weighted by molar-refractivity contribution is 7.12. The average Bonchev–Trinajstić information content (AvgIpc) is 2.75. The SMILES string of the molecule is Cc1cc(C(=O)Cn2cncn2)c(C)s1. The summed E-state index contributed by atoms with van der Waals surface area (Å²) in [4.78, 5) is 17.9. The van der Waals surface area contributed by atoms with Crippen LogP contribution in [0.2, 0.25) is 0 Å². The van der Waals surface area contributed by atoms with Crippen LogP contribution in [-0.4, -0.2) is 20.5 Å². The number of hydrogen-bond donors (Lipinski definition) is 0. The summed E-state index contributed by atoms with van der Waals surface area (Å²) in [6, 6.07) is 1.93. The van der Waals surface area contributed by atoms with E-state index in [0.29, 0.717) is 0 Å². The second kappa shape index (κ2) is 3.94. The summed E-state index contributed by atoms with van der Waals surface area (Å²) in [6.45, 7) is 4.23. The fourth-order valence-corrected chi connectivity index (χ4v) is 2.40. The van der Waals surface area contributed by atoms with Crippen LogP contribution in [0, 0.1) is 13.8 Å². The summed E-state index contributed by atoms with van der Waals surface area (Å²) >= 11 is 1.64. The topological polar surface area (TPSA) is 47.8 Å². The predicted molar refractivity (Wildman–Crippen MR) is 58.1 cm³/mol. The number of carbonyl (C=O) groups is 1. The Morgan fingerprint density at radius 3 is 2.87 bits per heavy atom. The molecule has 0 aliphatic carbocycles. The first-order valence-electron chi connectivity index (χ1n) is 4.59. The Labute approximate surface area is 91.6 Å². The van der Waals surface area contributed by atoms with Gasteiger partial charge in [0.2, 0.25) is 0 Å². The Morgan fingerprint density at radius 1 is 1.53 bits per heavy atom. The third-order valence-corrected chi connectivity index (χ3v) is 3.08. The van der Waals surface area contributed by atoms with E-state index in [1.165, 1.54) is 11.0 Å². The van der Waals surface area contributed by atoms with Crippen molar-refractivity contribution < 1.29 is 4.79 Å². The van der Waals surface area contributed by atoms with Crippen LogP contribution in [0.15, 0.2) is 18.7 Å². The summed E-state index contributed by atoms with van der Waals surface area (Å²) in [7, 11) is 0. The number of hydrogen-bond acceptors (Lipinski definition) is 4. The van der Waals surface area contributed by atoms with E-state index >= 15 is 0 Å². The maximum absolute atomic E-state index is 11.9. The second-order valence-electron chi connectivity index (χ2n) is 3.34. The van der Waals surface area contributed by atoms with E-state index in [4.69, 9.17) is 0 Å². The Bertz CT molecular complexity index is 473. The van der Waals surface area contributed by atoms with Crippen LogP contribution in [0.5, 0.6) is 0 Å². The van der Waals surface area contributed by atoms with Crippen LogP contribution in [0.1, 0.15) is 20.1 Å². The van der Waals surface area contributed by atoms with Gasteiger partial charge in [0, 0.05) is 15.3 Å². The summed E-state index contributed by atoms with van der Waals surface area (Å²) in [5.74, 6) is 0.0855. The number of thiophene rings is 1. The number of Topliss-reactive ketones (excluding diaryl/α,β-unsaturated/α-hetero) is 1. The number of ketones is 1. The minimum Gasteiger partial charge on any atom is -0.292 e. The smallest absolute Gasteiger partial charge is 0.185 e. The van der Waals surface area contributed by atoms with E-state index < -0.39 is 0 Å². The number of aryl methyl sites for hydroxylation is 2. The maximum Gasteiger partial charge on any atom is 0.185 e. The van der Waals surface area contributed by atoms with Crippen molar-refractivity contribution >= 4 is 17.1 Å². The van der Waals surface area contributed by atoms with Gasteiger partial charge in [-0.3, -0.25) is 4.79 Å². The molecule has 2 rings (SSSR count). The summed E-state index contributed by atoms with van der Waals surface area (Å²) in [5, 5.41) is 3.91. The zero-order chi connectivity index (χ0) is 10.8. The van der Waals surface area contributed by atoms with Crippen LogP contribution in [-0.2, 0) is 6.54 Å². The van der Waals surface area contributed by atoms with Gasteiger partial charge in [-0.2, -0.15) is 5.10 Å². The molecule has 2 aromatic heterocycles. The zero-order valence-corrected chi connectivity index (χ0v) is 9.41. The predicted octanol–water partition coefficient (Wildman–Crippen LogP) is 1.84. The van der Waals surface area contributed by atoms with Gasteiger partial charge in [0.05, 0.1) is 0 Å². The van der Waals surface area contributed by atoms with E-state index in [9.17, 15) is 4.79 Å². The number of carbonyl (C=O) groups excluding carboxylic acids is 1. The lowest BCUT2D eigenvalue weighted by molar-refractivity contribution is 0.0967. The number of aromatic nitrogens is 3. The molecule has 0 fully saturated rings. The summed E-state index contributed by atoms with van der Waals surface area (Å²) in [5.41, 5.74) is 0.799. The standard InChI is InChI=1S/C10H11N3OS/c1-7-3-9(8(2)15-7)10(14)4-13-6-11-5-12-13/h3,5-6H,4H2,1-2H3. The molecule has 2 aromatic rings. The first-order valence-corrected chi connectivity index (χ1v) is 5.41. The van der Waals surface area contributed by atoms with Crippen molar-refractivity contribution in [3.63, 3.8) is 0 Å². The van der Waals surface area contributed by atoms with Crippen molar-refractivity contribution in [3.8, 4) is 0 Å². The molecule has 0 aliphatic heterocycles. The summed E-state index contributed by atoms with van der Waals surface area (Å²) in [6.07, 6.45) is 2.98. The van der Waals surface area contributed by atoms with E-state index in [2.05, 4.69) is 10.1 Å². The van der Waals surface area contributed by atoms with Gasteiger partial charge in [-0.1, -0.05) is 0 Å². The lowest BCUT2D eigenvalue weighted by Crippen LogP contribution is -2.10. The molecule has 2 heterocycles. The molecule has 0 amide bonds. The Kier molecular flexibility index (Phi) is 2.64. The quantitative estimate of drug-likeness (QED) is 0.743. The van der Waals surface area contributed by atoms with E-state index in [1.807, 2.05) is 19.9 Å². The van der Waals surface area contributed by atoms with Crippen LogP contribution >= 0.6 is 11.3 Å². The second-order valence-corrected chi connectivity index (χ2v) is 4.80. The third-order valence-electron chi connectivity index (χ3n) is 2.11. The Balaban J connectivity index is 2.18. The lowest BCUT2D eigenvalue weighted by atomic mass is 10.1. The molecular formula is C10H11N3OS. The first kappa shape index (κ1) is 10.0. The van der Waals surface area contributed by atoms with E-state index in [0.717, 1.165) is 15.3 Å². The zero-order valence-electron chi connectivity index (χ0n) is 8.60. The molecule has 5 heteroatoms. The van der Waals surface area contributed by atoms with Crippen molar-refractivity contribution in [1.29, 1.82) is 0 Å². The van der Waals surface area contributed by atoms with Crippen LogP contribution in [0.4, 0.5) is 0 Å². The van der Waals surface area contributed by atoms with Crippen molar-refractivity contribution in [2.45, 2.75) is 20.4 Å². The van der Waals surface area contributed by atoms with Crippen LogP contribution in [0.25, 0.3) is 0 Å². The van der Waals surface area contributed by atoms with Gasteiger partial charge in [0.25, 0.3) is 0 Å². The average molecular weight is 221 g/mol. The van der Waals surface area contributed by atoms with Crippen molar-refractivity contribution in [2.75, 3.05) is 0 Å². The minimum atomic E-state index is 0.0855. The van der Waals surface area contributed by atoms with E-state index in [1.54, 1.807) is 17.7 Å². The summed E-state index contributed by atoms with van der Waals surface area (Å²) < 4.78 is 1.54. The Morgan fingerprint density at radius 2 is 2.33 bits per heavy atom. The molecule has 0 bridgehead atoms. The van der Waals surface area contributed by atoms with E-state index in [-0.39, 0.29) is 12.3 Å². The van der Waals surface area contributed by atoms with Gasteiger partial charge in [-0.05, 0) is 19.9 Å². The molecule has 0 atom stereocenters. The van der Waals surface area contributed by atoms with Gasteiger partial charge < -0.3 is 0 Å². The molecular weight excluding hydrogens is 210 g/mol. The molecule has 0 saturated carbocycles. The number of nitrogens with zero attached hydrogens (tertiary/aromatic N) is 3. The lowest BCUT2D eigenvalue weighted by Gasteiger charge is -1.99. The minimum absolute atomic E-state index is 0.0855. The van der Waals surface area contributed by atoms with Gasteiger partial charge in [-0.15, -0.1) is 11.3 Å². The number of rotatable bonds is 3. The van der Waals surface area contributed by atoms with Crippen LogP contribution < -0.4 is 0 Å². The molecule has 0 unspecified atom stereocenters.